The lowest BCUT2D eigenvalue weighted by Gasteiger charge is -2.07. The van der Waals surface area contributed by atoms with Gasteiger partial charge >= 0.3 is 5.97 Å². The Morgan fingerprint density at radius 3 is 2.09 bits per heavy atom. The maximum Gasteiger partial charge on any atom is 0.335 e. The summed E-state index contributed by atoms with van der Waals surface area (Å²) in [6, 6.07) is 14.8. The number of carbonyl (C=O) groups is 3. The van der Waals surface area contributed by atoms with E-state index in [-0.39, 0.29) is 30.5 Å². The van der Waals surface area contributed by atoms with Crippen molar-refractivity contribution in [2.45, 2.75) is 6.54 Å². The molecule has 0 bridgehead atoms. The maximum atomic E-state index is 11.8. The summed E-state index contributed by atoms with van der Waals surface area (Å²) in [6.45, 7) is 0.140. The van der Waals surface area contributed by atoms with Gasteiger partial charge in [0.1, 0.15) is 0 Å². The van der Waals surface area contributed by atoms with E-state index in [0.29, 0.717) is 5.56 Å². The zero-order valence-electron chi connectivity index (χ0n) is 12.3. The molecular weight excluding hydrogens is 296 g/mol. The molecule has 0 aliphatic carbocycles. The summed E-state index contributed by atoms with van der Waals surface area (Å²) in [6.07, 6.45) is 0. The smallest absolute Gasteiger partial charge is 0.335 e. The largest absolute Gasteiger partial charge is 0.478 e. The van der Waals surface area contributed by atoms with Crippen molar-refractivity contribution in [3.05, 3.63) is 71.3 Å². The van der Waals surface area contributed by atoms with Crippen LogP contribution in [0.25, 0.3) is 0 Å². The molecular formula is C17H16N2O4. The van der Waals surface area contributed by atoms with Crippen molar-refractivity contribution in [2.24, 2.45) is 0 Å². The molecule has 0 spiro atoms. The van der Waals surface area contributed by atoms with Gasteiger partial charge in [-0.05, 0) is 29.8 Å². The van der Waals surface area contributed by atoms with Gasteiger partial charge in [-0.25, -0.2) is 4.79 Å². The average Bonchev–Trinajstić information content (AvgIpc) is 2.59. The van der Waals surface area contributed by atoms with Crippen molar-refractivity contribution in [2.75, 3.05) is 6.54 Å². The number of rotatable bonds is 6. The van der Waals surface area contributed by atoms with Gasteiger partial charge in [-0.3, -0.25) is 9.59 Å². The normalized spacial score (nSPS) is 9.91. The Morgan fingerprint density at radius 2 is 1.48 bits per heavy atom. The van der Waals surface area contributed by atoms with E-state index >= 15 is 0 Å². The molecule has 2 amide bonds. The van der Waals surface area contributed by atoms with Crippen molar-refractivity contribution in [3.8, 4) is 0 Å². The van der Waals surface area contributed by atoms with Gasteiger partial charge in [-0.2, -0.15) is 0 Å². The summed E-state index contributed by atoms with van der Waals surface area (Å²) in [5, 5.41) is 14.0. The van der Waals surface area contributed by atoms with E-state index in [0.717, 1.165) is 5.56 Å². The molecule has 0 heterocycles. The minimum Gasteiger partial charge on any atom is -0.478 e. The molecule has 23 heavy (non-hydrogen) atoms. The number of hydrogen-bond acceptors (Lipinski definition) is 3. The second-order valence-corrected chi connectivity index (χ2v) is 4.83. The van der Waals surface area contributed by atoms with E-state index in [9.17, 15) is 14.4 Å². The number of aromatic carboxylic acids is 1. The Bertz CT molecular complexity index is 696. The van der Waals surface area contributed by atoms with Gasteiger partial charge in [0.2, 0.25) is 5.91 Å². The number of benzene rings is 2. The minimum absolute atomic E-state index is 0.124. The molecule has 2 aromatic rings. The lowest BCUT2D eigenvalue weighted by molar-refractivity contribution is -0.120. The van der Waals surface area contributed by atoms with Gasteiger partial charge in [0.25, 0.3) is 5.91 Å². The number of nitrogens with one attached hydrogen (secondary N) is 2. The summed E-state index contributed by atoms with van der Waals surface area (Å²) in [5.41, 5.74) is 1.46. The predicted molar refractivity (Wildman–Crippen MR) is 84.0 cm³/mol. The fourth-order valence-corrected chi connectivity index (χ4v) is 1.88. The first-order valence-corrected chi connectivity index (χ1v) is 6.98. The second-order valence-electron chi connectivity index (χ2n) is 4.83. The summed E-state index contributed by atoms with van der Waals surface area (Å²) < 4.78 is 0. The Morgan fingerprint density at radius 1 is 0.826 bits per heavy atom. The molecule has 0 atom stereocenters. The lowest BCUT2D eigenvalue weighted by atomic mass is 10.1. The summed E-state index contributed by atoms with van der Waals surface area (Å²) in [4.78, 5) is 34.2. The molecule has 0 aromatic heterocycles. The topological polar surface area (TPSA) is 95.5 Å². The number of carboxylic acids is 1. The van der Waals surface area contributed by atoms with Crippen LogP contribution < -0.4 is 10.6 Å². The first kappa shape index (κ1) is 16.2. The Balaban J connectivity index is 1.77. The number of carbonyl (C=O) groups excluding carboxylic acids is 2. The third kappa shape index (κ3) is 4.96. The van der Waals surface area contributed by atoms with Crippen LogP contribution in [-0.2, 0) is 11.3 Å². The van der Waals surface area contributed by atoms with Crippen LogP contribution in [0.5, 0.6) is 0 Å². The summed E-state index contributed by atoms with van der Waals surface area (Å²) in [7, 11) is 0. The van der Waals surface area contributed by atoms with Gasteiger partial charge in [-0.15, -0.1) is 0 Å². The molecule has 0 aliphatic heterocycles. The molecule has 6 nitrogen and oxygen atoms in total. The van der Waals surface area contributed by atoms with E-state index in [2.05, 4.69) is 10.6 Å². The highest BCUT2D eigenvalue weighted by molar-refractivity contribution is 5.96. The predicted octanol–water partition coefficient (Wildman–Crippen LogP) is 1.43. The van der Waals surface area contributed by atoms with Crippen molar-refractivity contribution in [1.82, 2.24) is 10.6 Å². The molecule has 2 aromatic carbocycles. The van der Waals surface area contributed by atoms with Crippen LogP contribution in [0, 0.1) is 0 Å². The van der Waals surface area contributed by atoms with E-state index in [1.807, 2.05) is 0 Å². The van der Waals surface area contributed by atoms with Crippen LogP contribution in [0.4, 0.5) is 0 Å². The van der Waals surface area contributed by atoms with Crippen LogP contribution in [0.2, 0.25) is 0 Å². The third-order valence-electron chi connectivity index (χ3n) is 3.14. The van der Waals surface area contributed by atoms with Crippen LogP contribution in [-0.4, -0.2) is 29.4 Å². The van der Waals surface area contributed by atoms with Crippen molar-refractivity contribution in [1.29, 1.82) is 0 Å². The van der Waals surface area contributed by atoms with Gasteiger partial charge in [0, 0.05) is 12.1 Å². The first-order chi connectivity index (χ1) is 11.1. The monoisotopic (exact) mass is 312 g/mol. The molecule has 0 unspecified atom stereocenters. The Labute approximate surface area is 133 Å². The van der Waals surface area contributed by atoms with Crippen molar-refractivity contribution >= 4 is 17.8 Å². The molecule has 0 radical (unpaired) electrons. The minimum atomic E-state index is -0.996. The highest BCUT2D eigenvalue weighted by Gasteiger charge is 2.07. The van der Waals surface area contributed by atoms with Gasteiger partial charge in [-0.1, -0.05) is 30.3 Å². The Kier molecular flexibility index (Phi) is 5.46. The average molecular weight is 312 g/mol. The van der Waals surface area contributed by atoms with Gasteiger partial charge < -0.3 is 15.7 Å². The fraction of sp³-hybridized carbons (Fsp3) is 0.118. The molecule has 2 rings (SSSR count). The zero-order chi connectivity index (χ0) is 16.7. The summed E-state index contributed by atoms with van der Waals surface area (Å²) in [5.74, 6) is -1.63. The van der Waals surface area contributed by atoms with Crippen molar-refractivity contribution in [3.63, 3.8) is 0 Å². The van der Waals surface area contributed by atoms with E-state index < -0.39 is 5.97 Å². The van der Waals surface area contributed by atoms with Gasteiger partial charge in [0.15, 0.2) is 0 Å². The van der Waals surface area contributed by atoms with Crippen molar-refractivity contribution < 1.29 is 19.5 Å². The third-order valence-corrected chi connectivity index (χ3v) is 3.14. The highest BCUT2D eigenvalue weighted by Crippen LogP contribution is 2.04. The van der Waals surface area contributed by atoms with Crippen LogP contribution in [0.1, 0.15) is 26.3 Å². The highest BCUT2D eigenvalue weighted by atomic mass is 16.4. The van der Waals surface area contributed by atoms with Crippen LogP contribution in [0.15, 0.2) is 54.6 Å². The Hall–Kier alpha value is -3.15. The van der Waals surface area contributed by atoms with E-state index in [4.69, 9.17) is 5.11 Å². The molecule has 0 aliphatic rings. The number of carboxylic acid groups (broad SMARTS) is 1. The molecule has 0 saturated heterocycles. The first-order valence-electron chi connectivity index (χ1n) is 6.98. The molecule has 0 saturated carbocycles. The SMILES string of the molecule is O=C(CNC(=O)c1ccccc1)NCc1ccc(C(=O)O)cc1. The van der Waals surface area contributed by atoms with Gasteiger partial charge in [0.05, 0.1) is 12.1 Å². The number of hydrogen-bond donors (Lipinski definition) is 3. The standard InChI is InChI=1S/C17H16N2O4/c20-15(11-19-16(21)13-4-2-1-3-5-13)18-10-12-6-8-14(9-7-12)17(22)23/h1-9H,10-11H2,(H,18,20)(H,19,21)(H,22,23). The fourth-order valence-electron chi connectivity index (χ4n) is 1.88. The molecule has 6 heteroatoms. The van der Waals surface area contributed by atoms with E-state index in [1.165, 1.54) is 12.1 Å². The van der Waals surface area contributed by atoms with Crippen LogP contribution >= 0.6 is 0 Å². The number of amides is 2. The molecule has 118 valence electrons. The van der Waals surface area contributed by atoms with E-state index in [1.54, 1.807) is 42.5 Å². The lowest BCUT2D eigenvalue weighted by Crippen LogP contribution is -2.36. The maximum absolute atomic E-state index is 11.8. The summed E-state index contributed by atoms with van der Waals surface area (Å²) >= 11 is 0. The molecule has 3 N–H and O–H groups in total. The zero-order valence-corrected chi connectivity index (χ0v) is 12.3. The molecule has 0 fully saturated rings. The second kappa shape index (κ2) is 7.74. The van der Waals surface area contributed by atoms with Crippen LogP contribution in [0.3, 0.4) is 0 Å². The quantitative estimate of drug-likeness (QED) is 0.752.